The first-order valence-corrected chi connectivity index (χ1v) is 3.42. The zero-order valence-electron chi connectivity index (χ0n) is 5.85. The topological polar surface area (TPSA) is 21.3 Å². The summed E-state index contributed by atoms with van der Waals surface area (Å²) < 4.78 is 17.8. The zero-order valence-corrected chi connectivity index (χ0v) is 5.85. The molecule has 0 aliphatic carbocycles. The van der Waals surface area contributed by atoms with Gasteiger partial charge in [-0.25, -0.2) is 4.39 Å². The van der Waals surface area contributed by atoms with Crippen LogP contribution in [-0.2, 0) is 4.74 Å². The molecule has 58 valence electrons. The van der Waals surface area contributed by atoms with Gasteiger partial charge in [0.05, 0.1) is 6.61 Å². The first-order chi connectivity index (χ1) is 4.84. The highest BCUT2D eigenvalue weighted by molar-refractivity contribution is 4.82. The maximum atomic E-state index is 12.7. The van der Waals surface area contributed by atoms with Crippen LogP contribution in [0.5, 0.6) is 0 Å². The average Bonchev–Trinajstić information content (AvgIpc) is 2.31. The molecule has 2 nitrogen and oxygen atoms in total. The van der Waals surface area contributed by atoms with Crippen molar-refractivity contribution in [2.24, 2.45) is 0 Å². The zero-order chi connectivity index (χ0) is 7.40. The van der Waals surface area contributed by atoms with Crippen molar-refractivity contribution < 1.29 is 9.13 Å². The van der Waals surface area contributed by atoms with Gasteiger partial charge in [-0.3, -0.25) is 0 Å². The highest BCUT2D eigenvalue weighted by Crippen LogP contribution is 2.07. The van der Waals surface area contributed by atoms with Crippen molar-refractivity contribution in [3.8, 4) is 0 Å². The third-order valence-electron chi connectivity index (χ3n) is 1.52. The van der Waals surface area contributed by atoms with Gasteiger partial charge in [-0.1, -0.05) is 6.08 Å². The minimum absolute atomic E-state index is 0.266. The van der Waals surface area contributed by atoms with Crippen molar-refractivity contribution in [1.29, 1.82) is 0 Å². The van der Waals surface area contributed by atoms with E-state index in [0.717, 1.165) is 0 Å². The number of nitrogens with one attached hydrogen (secondary N) is 1. The van der Waals surface area contributed by atoms with E-state index in [1.54, 1.807) is 6.08 Å². The van der Waals surface area contributed by atoms with Crippen molar-refractivity contribution in [2.45, 2.75) is 12.3 Å². The standard InChI is InChI=1S/C7H12FNO/c1-2-3-10-7-5-9-4-6(7)8/h2,6-7,9H,1,3-5H2. The molecule has 3 heteroatoms. The van der Waals surface area contributed by atoms with E-state index >= 15 is 0 Å². The minimum Gasteiger partial charge on any atom is -0.370 e. The van der Waals surface area contributed by atoms with Crippen molar-refractivity contribution in [3.63, 3.8) is 0 Å². The fraction of sp³-hybridized carbons (Fsp3) is 0.714. The molecule has 0 spiro atoms. The number of hydrogen-bond donors (Lipinski definition) is 1. The molecule has 1 N–H and O–H groups in total. The number of ether oxygens (including phenoxy) is 1. The Balaban J connectivity index is 2.19. The van der Waals surface area contributed by atoms with Gasteiger partial charge in [-0.15, -0.1) is 6.58 Å². The largest absolute Gasteiger partial charge is 0.370 e. The summed E-state index contributed by atoms with van der Waals surface area (Å²) in [5.74, 6) is 0. The van der Waals surface area contributed by atoms with E-state index in [1.165, 1.54) is 0 Å². The maximum absolute atomic E-state index is 12.7. The van der Waals surface area contributed by atoms with Crippen molar-refractivity contribution in [3.05, 3.63) is 12.7 Å². The highest BCUT2D eigenvalue weighted by Gasteiger charge is 2.26. The number of rotatable bonds is 3. The van der Waals surface area contributed by atoms with Crippen LogP contribution < -0.4 is 5.32 Å². The van der Waals surface area contributed by atoms with Crippen molar-refractivity contribution in [1.82, 2.24) is 5.32 Å². The highest BCUT2D eigenvalue weighted by atomic mass is 19.1. The molecule has 1 saturated heterocycles. The summed E-state index contributed by atoms with van der Waals surface area (Å²) in [6.45, 7) is 4.95. The van der Waals surface area contributed by atoms with Crippen LogP contribution in [0.15, 0.2) is 12.7 Å². The fourth-order valence-corrected chi connectivity index (χ4v) is 0.978. The summed E-state index contributed by atoms with van der Waals surface area (Å²) in [5.41, 5.74) is 0. The van der Waals surface area contributed by atoms with Gasteiger partial charge in [0.2, 0.25) is 0 Å². The van der Waals surface area contributed by atoms with Gasteiger partial charge in [0.1, 0.15) is 12.3 Å². The Morgan fingerprint density at radius 3 is 3.00 bits per heavy atom. The molecule has 1 aliphatic heterocycles. The SMILES string of the molecule is C=CCOC1CNCC1F. The summed E-state index contributed by atoms with van der Waals surface area (Å²) in [5, 5.41) is 2.90. The second-order valence-corrected chi connectivity index (χ2v) is 2.33. The lowest BCUT2D eigenvalue weighted by Gasteiger charge is -2.10. The molecule has 0 aromatic heterocycles. The molecule has 0 bridgehead atoms. The Bertz CT molecular complexity index is 118. The molecule has 10 heavy (non-hydrogen) atoms. The van der Waals surface area contributed by atoms with E-state index in [2.05, 4.69) is 11.9 Å². The van der Waals surface area contributed by atoms with E-state index in [0.29, 0.717) is 19.7 Å². The van der Waals surface area contributed by atoms with Gasteiger partial charge in [-0.2, -0.15) is 0 Å². The van der Waals surface area contributed by atoms with Crippen LogP contribution in [0.2, 0.25) is 0 Å². The molecule has 0 aromatic rings. The molecule has 0 aromatic carbocycles. The number of halogens is 1. The van der Waals surface area contributed by atoms with E-state index in [4.69, 9.17) is 4.74 Å². The van der Waals surface area contributed by atoms with Crippen LogP contribution in [0.3, 0.4) is 0 Å². The lowest BCUT2D eigenvalue weighted by molar-refractivity contribution is 0.0421. The Hall–Kier alpha value is -0.410. The van der Waals surface area contributed by atoms with Crippen LogP contribution in [0.1, 0.15) is 0 Å². The van der Waals surface area contributed by atoms with Crippen LogP contribution in [-0.4, -0.2) is 32.0 Å². The van der Waals surface area contributed by atoms with Crippen molar-refractivity contribution in [2.75, 3.05) is 19.7 Å². The maximum Gasteiger partial charge on any atom is 0.140 e. The van der Waals surface area contributed by atoms with Gasteiger partial charge in [0, 0.05) is 13.1 Å². The number of alkyl halides is 1. The van der Waals surface area contributed by atoms with E-state index < -0.39 is 6.17 Å². The monoisotopic (exact) mass is 145 g/mol. The summed E-state index contributed by atoms with van der Waals surface area (Å²) in [7, 11) is 0. The predicted molar refractivity (Wildman–Crippen MR) is 37.7 cm³/mol. The second kappa shape index (κ2) is 3.68. The van der Waals surface area contributed by atoms with Gasteiger partial charge in [0.15, 0.2) is 0 Å². The van der Waals surface area contributed by atoms with Gasteiger partial charge in [0.25, 0.3) is 0 Å². The lowest BCUT2D eigenvalue weighted by Crippen LogP contribution is -2.23. The molecule has 1 heterocycles. The molecule has 0 amide bonds. The molecule has 1 rings (SSSR count). The van der Waals surface area contributed by atoms with Gasteiger partial charge < -0.3 is 10.1 Å². The normalized spacial score (nSPS) is 32.5. The Kier molecular flexibility index (Phi) is 2.83. The molecule has 0 radical (unpaired) electrons. The molecule has 2 atom stereocenters. The van der Waals surface area contributed by atoms with E-state index in [9.17, 15) is 4.39 Å². The molecule has 1 aliphatic rings. The van der Waals surface area contributed by atoms with Gasteiger partial charge in [-0.05, 0) is 0 Å². The smallest absolute Gasteiger partial charge is 0.140 e. The predicted octanol–water partition coefficient (Wildman–Crippen LogP) is 0.499. The summed E-state index contributed by atoms with van der Waals surface area (Å²) in [4.78, 5) is 0. The Morgan fingerprint density at radius 2 is 2.50 bits per heavy atom. The Labute approximate surface area is 60.1 Å². The quantitative estimate of drug-likeness (QED) is 0.584. The Morgan fingerprint density at radius 1 is 1.70 bits per heavy atom. The van der Waals surface area contributed by atoms with Crippen LogP contribution in [0.25, 0.3) is 0 Å². The summed E-state index contributed by atoms with van der Waals surface area (Å²) in [6, 6.07) is 0. The summed E-state index contributed by atoms with van der Waals surface area (Å²) >= 11 is 0. The molecular formula is C7H12FNO. The summed E-state index contributed by atoms with van der Waals surface area (Å²) in [6.07, 6.45) is 0.517. The van der Waals surface area contributed by atoms with E-state index in [-0.39, 0.29) is 6.10 Å². The van der Waals surface area contributed by atoms with Crippen molar-refractivity contribution >= 4 is 0 Å². The second-order valence-electron chi connectivity index (χ2n) is 2.33. The van der Waals surface area contributed by atoms with Crippen LogP contribution >= 0.6 is 0 Å². The van der Waals surface area contributed by atoms with Crippen LogP contribution in [0, 0.1) is 0 Å². The minimum atomic E-state index is -0.847. The average molecular weight is 145 g/mol. The van der Waals surface area contributed by atoms with E-state index in [1.807, 2.05) is 0 Å². The van der Waals surface area contributed by atoms with Gasteiger partial charge >= 0.3 is 0 Å². The van der Waals surface area contributed by atoms with Crippen LogP contribution in [0.4, 0.5) is 4.39 Å². The fourth-order valence-electron chi connectivity index (χ4n) is 0.978. The molecular weight excluding hydrogens is 133 g/mol. The third-order valence-corrected chi connectivity index (χ3v) is 1.52. The molecule has 0 saturated carbocycles. The lowest BCUT2D eigenvalue weighted by atomic mass is 10.3. The first kappa shape index (κ1) is 7.69. The number of hydrogen-bond acceptors (Lipinski definition) is 2. The first-order valence-electron chi connectivity index (χ1n) is 3.42. The molecule has 2 unspecified atom stereocenters. The molecule has 1 fully saturated rings. The third kappa shape index (κ3) is 1.78.